The predicted octanol–water partition coefficient (Wildman–Crippen LogP) is 1.89. The summed E-state index contributed by atoms with van der Waals surface area (Å²) in [4.78, 5) is 0. The molecule has 0 spiro atoms. The molecule has 0 heterocycles. The van der Waals surface area contributed by atoms with Crippen LogP contribution in [0.25, 0.3) is 0 Å². The number of benzene rings is 1. The fourth-order valence-electron chi connectivity index (χ4n) is 1.18. The van der Waals surface area contributed by atoms with Crippen molar-refractivity contribution in [3.05, 3.63) is 29.8 Å². The van der Waals surface area contributed by atoms with E-state index in [1.165, 1.54) is 0 Å². The van der Waals surface area contributed by atoms with Crippen LogP contribution in [0.4, 0.5) is 0 Å². The van der Waals surface area contributed by atoms with E-state index in [2.05, 4.69) is 0 Å². The van der Waals surface area contributed by atoms with E-state index < -0.39 is 12.0 Å². The third-order valence-electron chi connectivity index (χ3n) is 2.11. The average Bonchev–Trinajstić information content (AvgIpc) is 2.27. The van der Waals surface area contributed by atoms with Gasteiger partial charge in [-0.3, -0.25) is 0 Å². The van der Waals surface area contributed by atoms with Gasteiger partial charge in [0.25, 0.3) is 0 Å². The molecule has 0 amide bonds. The molecule has 3 heteroatoms. The van der Waals surface area contributed by atoms with Gasteiger partial charge >= 0.3 is 0 Å². The first-order valence-corrected chi connectivity index (χ1v) is 4.40. The summed E-state index contributed by atoms with van der Waals surface area (Å²) in [5.41, 5.74) is 0.707. The Labute approximate surface area is 83.6 Å². The molecule has 1 N–H and O–H groups in total. The molecule has 0 aliphatic carbocycles. The molecule has 0 aliphatic heterocycles. The van der Waals surface area contributed by atoms with Gasteiger partial charge in [-0.15, -0.1) is 0 Å². The first-order chi connectivity index (χ1) is 6.69. The lowest BCUT2D eigenvalue weighted by molar-refractivity contribution is 0.142. The molecule has 14 heavy (non-hydrogen) atoms. The number of hydrogen-bond donors (Lipinski definition) is 1. The molecule has 0 saturated carbocycles. The molecule has 0 radical (unpaired) electrons. The zero-order valence-corrected chi connectivity index (χ0v) is 8.27. The molecule has 1 rings (SSSR count). The van der Waals surface area contributed by atoms with E-state index in [-0.39, 0.29) is 0 Å². The Bertz CT molecular complexity index is 343. The van der Waals surface area contributed by atoms with Gasteiger partial charge < -0.3 is 9.84 Å². The molecule has 74 valence electrons. The maximum Gasteiger partial charge on any atom is 0.119 e. The molecule has 0 fully saturated rings. The van der Waals surface area contributed by atoms with Crippen LogP contribution < -0.4 is 4.74 Å². The van der Waals surface area contributed by atoms with Crippen LogP contribution in [0.5, 0.6) is 5.75 Å². The SMILES string of the molecule is COc1cccc(C(O)C(C)C#N)c1. The van der Waals surface area contributed by atoms with Gasteiger partial charge in [-0.1, -0.05) is 12.1 Å². The molecule has 0 aromatic heterocycles. The minimum atomic E-state index is -0.755. The van der Waals surface area contributed by atoms with Crippen LogP contribution in [0.15, 0.2) is 24.3 Å². The third-order valence-corrected chi connectivity index (χ3v) is 2.11. The summed E-state index contributed by atoms with van der Waals surface area (Å²) in [6.45, 7) is 1.68. The van der Waals surface area contributed by atoms with E-state index in [0.717, 1.165) is 0 Å². The first-order valence-electron chi connectivity index (χ1n) is 4.40. The Morgan fingerprint density at radius 3 is 2.79 bits per heavy atom. The lowest BCUT2D eigenvalue weighted by Crippen LogP contribution is -2.06. The largest absolute Gasteiger partial charge is 0.497 e. The fraction of sp³-hybridized carbons (Fsp3) is 0.364. The molecule has 0 bridgehead atoms. The molecular formula is C11H13NO2. The topological polar surface area (TPSA) is 53.2 Å². The van der Waals surface area contributed by atoms with Gasteiger partial charge in [-0.25, -0.2) is 0 Å². The maximum absolute atomic E-state index is 9.73. The van der Waals surface area contributed by atoms with Crippen molar-refractivity contribution in [2.75, 3.05) is 7.11 Å². The number of nitriles is 1. The van der Waals surface area contributed by atoms with Crippen molar-refractivity contribution in [3.8, 4) is 11.8 Å². The van der Waals surface area contributed by atoms with Gasteiger partial charge in [-0.05, 0) is 24.6 Å². The smallest absolute Gasteiger partial charge is 0.119 e. The predicted molar refractivity (Wildman–Crippen MR) is 52.7 cm³/mol. The monoisotopic (exact) mass is 191 g/mol. The highest BCUT2D eigenvalue weighted by Crippen LogP contribution is 2.24. The normalized spacial score (nSPS) is 14.1. The highest BCUT2D eigenvalue weighted by molar-refractivity contribution is 5.30. The van der Waals surface area contributed by atoms with Gasteiger partial charge in [0.1, 0.15) is 5.75 Å². The summed E-state index contributed by atoms with van der Waals surface area (Å²) < 4.78 is 5.02. The Morgan fingerprint density at radius 2 is 2.21 bits per heavy atom. The number of rotatable bonds is 3. The molecule has 2 atom stereocenters. The second kappa shape index (κ2) is 4.64. The van der Waals surface area contributed by atoms with E-state index >= 15 is 0 Å². The van der Waals surface area contributed by atoms with Gasteiger partial charge in [0.15, 0.2) is 0 Å². The molecule has 0 saturated heterocycles. The minimum absolute atomic E-state index is 0.415. The number of aliphatic hydroxyl groups excluding tert-OH is 1. The van der Waals surface area contributed by atoms with E-state index in [0.29, 0.717) is 11.3 Å². The van der Waals surface area contributed by atoms with E-state index in [1.54, 1.807) is 38.3 Å². The van der Waals surface area contributed by atoms with E-state index in [4.69, 9.17) is 10.00 Å². The van der Waals surface area contributed by atoms with Crippen LogP contribution in [0.2, 0.25) is 0 Å². The van der Waals surface area contributed by atoms with Crippen molar-refractivity contribution in [2.24, 2.45) is 5.92 Å². The summed E-state index contributed by atoms with van der Waals surface area (Å²) >= 11 is 0. The van der Waals surface area contributed by atoms with Gasteiger partial charge in [-0.2, -0.15) is 5.26 Å². The number of methoxy groups -OCH3 is 1. The number of hydrogen-bond acceptors (Lipinski definition) is 3. The second-order valence-electron chi connectivity index (χ2n) is 3.14. The van der Waals surface area contributed by atoms with E-state index in [9.17, 15) is 5.11 Å². The standard InChI is InChI=1S/C11H13NO2/c1-8(7-12)11(13)9-4-3-5-10(6-9)14-2/h3-6,8,11,13H,1-2H3. The lowest BCUT2D eigenvalue weighted by atomic mass is 9.99. The van der Waals surface area contributed by atoms with Crippen molar-refractivity contribution in [1.82, 2.24) is 0 Å². The van der Waals surface area contributed by atoms with Crippen LogP contribution in [-0.4, -0.2) is 12.2 Å². The Balaban J connectivity index is 2.90. The second-order valence-corrected chi connectivity index (χ2v) is 3.14. The van der Waals surface area contributed by atoms with Crippen LogP contribution >= 0.6 is 0 Å². The summed E-state index contributed by atoms with van der Waals surface area (Å²) in [6, 6.07) is 9.12. The molecular weight excluding hydrogens is 178 g/mol. The summed E-state index contributed by atoms with van der Waals surface area (Å²) in [5.74, 6) is 0.272. The van der Waals surface area contributed by atoms with Crippen molar-refractivity contribution in [2.45, 2.75) is 13.0 Å². The number of nitrogens with zero attached hydrogens (tertiary/aromatic N) is 1. The minimum Gasteiger partial charge on any atom is -0.497 e. The highest BCUT2D eigenvalue weighted by Gasteiger charge is 2.15. The molecule has 1 aromatic carbocycles. The van der Waals surface area contributed by atoms with Crippen molar-refractivity contribution < 1.29 is 9.84 Å². The van der Waals surface area contributed by atoms with Gasteiger partial charge in [0.05, 0.1) is 25.2 Å². The Morgan fingerprint density at radius 1 is 1.50 bits per heavy atom. The van der Waals surface area contributed by atoms with Gasteiger partial charge in [0.2, 0.25) is 0 Å². The summed E-state index contributed by atoms with van der Waals surface area (Å²) in [6.07, 6.45) is -0.755. The Kier molecular flexibility index (Phi) is 3.49. The molecule has 0 aliphatic rings. The van der Waals surface area contributed by atoms with Crippen molar-refractivity contribution in [1.29, 1.82) is 5.26 Å². The Hall–Kier alpha value is -1.53. The highest BCUT2D eigenvalue weighted by atomic mass is 16.5. The number of aliphatic hydroxyl groups is 1. The zero-order chi connectivity index (χ0) is 10.6. The quantitative estimate of drug-likeness (QED) is 0.793. The van der Waals surface area contributed by atoms with Crippen LogP contribution in [0.1, 0.15) is 18.6 Å². The van der Waals surface area contributed by atoms with Crippen LogP contribution in [0.3, 0.4) is 0 Å². The van der Waals surface area contributed by atoms with Crippen molar-refractivity contribution >= 4 is 0 Å². The lowest BCUT2D eigenvalue weighted by Gasteiger charge is -2.13. The summed E-state index contributed by atoms with van der Waals surface area (Å²) in [5, 5.41) is 18.4. The summed E-state index contributed by atoms with van der Waals surface area (Å²) in [7, 11) is 1.57. The molecule has 2 unspecified atom stereocenters. The fourth-order valence-corrected chi connectivity index (χ4v) is 1.18. The van der Waals surface area contributed by atoms with Crippen LogP contribution in [-0.2, 0) is 0 Å². The number of ether oxygens (including phenoxy) is 1. The molecule has 3 nitrogen and oxygen atoms in total. The third kappa shape index (κ3) is 2.24. The molecule has 1 aromatic rings. The average molecular weight is 191 g/mol. The van der Waals surface area contributed by atoms with E-state index in [1.807, 2.05) is 6.07 Å². The van der Waals surface area contributed by atoms with Crippen molar-refractivity contribution in [3.63, 3.8) is 0 Å². The van der Waals surface area contributed by atoms with Gasteiger partial charge in [0, 0.05) is 0 Å². The van der Waals surface area contributed by atoms with Crippen LogP contribution in [0, 0.1) is 17.2 Å². The zero-order valence-electron chi connectivity index (χ0n) is 8.27. The first kappa shape index (κ1) is 10.6. The maximum atomic E-state index is 9.73.